The maximum atomic E-state index is 12.9. The standard InChI is InChI=1S/C30H24N6O5S/c1-17(37)31-24(29-32-21-14-13-20(15-22(21)42-29)19-11-7-4-8-12-19)28-36-35-27(41-28)23-25(26(38)34-30(33-23)39-2)40-16-18-9-5-3-6-10-18/h3-15,24H,16H2,1-2H3,(H,31,37)(H,33,34,38). The number of carbonyl (C=O) groups excluding carboxylic acids is 1. The molecule has 6 rings (SSSR count). The minimum absolute atomic E-state index is 0.00339. The molecule has 0 saturated carbocycles. The summed E-state index contributed by atoms with van der Waals surface area (Å²) in [6.45, 7) is 1.50. The van der Waals surface area contributed by atoms with Gasteiger partial charge in [-0.05, 0) is 28.8 Å². The number of aromatic amines is 1. The van der Waals surface area contributed by atoms with E-state index in [1.165, 1.54) is 25.4 Å². The Balaban J connectivity index is 1.36. The van der Waals surface area contributed by atoms with Gasteiger partial charge in [0.25, 0.3) is 17.5 Å². The number of nitrogens with one attached hydrogen (secondary N) is 2. The van der Waals surface area contributed by atoms with Crippen molar-refractivity contribution in [1.29, 1.82) is 0 Å². The van der Waals surface area contributed by atoms with Crippen LogP contribution < -0.4 is 20.3 Å². The van der Waals surface area contributed by atoms with Gasteiger partial charge in [-0.3, -0.25) is 14.6 Å². The highest BCUT2D eigenvalue weighted by molar-refractivity contribution is 7.18. The third-order valence-corrected chi connectivity index (χ3v) is 7.35. The van der Waals surface area contributed by atoms with E-state index < -0.39 is 11.6 Å². The number of methoxy groups -OCH3 is 1. The fourth-order valence-electron chi connectivity index (χ4n) is 4.30. The van der Waals surface area contributed by atoms with Gasteiger partial charge in [-0.25, -0.2) is 4.98 Å². The van der Waals surface area contributed by atoms with E-state index in [1.54, 1.807) is 0 Å². The van der Waals surface area contributed by atoms with E-state index in [2.05, 4.69) is 31.5 Å². The maximum absolute atomic E-state index is 12.9. The summed E-state index contributed by atoms with van der Waals surface area (Å²) < 4.78 is 17.9. The third kappa shape index (κ3) is 5.60. The topological polar surface area (TPSA) is 145 Å². The SMILES string of the molecule is COc1nc(-c2nnc(C(NC(C)=O)c3nc4ccc(-c5ccccc5)cc4s3)o2)c(OCc2ccccc2)c(=O)[nH]1. The second kappa shape index (κ2) is 11.6. The molecule has 11 nitrogen and oxygen atoms in total. The van der Waals surface area contributed by atoms with Crippen LogP contribution >= 0.6 is 11.3 Å². The molecular weight excluding hydrogens is 556 g/mol. The smallest absolute Gasteiger partial charge is 0.297 e. The lowest BCUT2D eigenvalue weighted by atomic mass is 10.1. The molecule has 2 N–H and O–H groups in total. The molecule has 1 atom stereocenters. The van der Waals surface area contributed by atoms with Crippen LogP contribution in [0.25, 0.3) is 32.9 Å². The van der Waals surface area contributed by atoms with Crippen LogP contribution in [0.1, 0.15) is 29.4 Å². The van der Waals surface area contributed by atoms with Gasteiger partial charge in [0.2, 0.25) is 17.5 Å². The molecular formula is C30H24N6O5S. The van der Waals surface area contributed by atoms with E-state index in [1.807, 2.05) is 72.8 Å². The first-order valence-electron chi connectivity index (χ1n) is 12.9. The zero-order chi connectivity index (χ0) is 29.1. The number of aromatic nitrogens is 5. The average molecular weight is 581 g/mol. The molecule has 0 aliphatic heterocycles. The van der Waals surface area contributed by atoms with Gasteiger partial charge in [0.1, 0.15) is 11.6 Å². The predicted octanol–water partition coefficient (Wildman–Crippen LogP) is 4.91. The van der Waals surface area contributed by atoms with E-state index in [4.69, 9.17) is 18.9 Å². The molecule has 3 heterocycles. The van der Waals surface area contributed by atoms with Crippen molar-refractivity contribution < 1.29 is 18.7 Å². The fourth-order valence-corrected chi connectivity index (χ4v) is 5.35. The Hall–Kier alpha value is -5.36. The van der Waals surface area contributed by atoms with Crippen molar-refractivity contribution in [2.75, 3.05) is 7.11 Å². The van der Waals surface area contributed by atoms with Gasteiger partial charge in [-0.2, -0.15) is 4.98 Å². The second-order valence-electron chi connectivity index (χ2n) is 9.21. The summed E-state index contributed by atoms with van der Waals surface area (Å²) in [5.74, 6) is -0.441. The normalized spacial score (nSPS) is 11.8. The zero-order valence-electron chi connectivity index (χ0n) is 22.5. The highest BCUT2D eigenvalue weighted by atomic mass is 32.1. The van der Waals surface area contributed by atoms with Gasteiger partial charge >= 0.3 is 0 Å². The summed E-state index contributed by atoms with van der Waals surface area (Å²) in [6.07, 6.45) is 0. The molecule has 0 saturated heterocycles. The number of benzene rings is 3. The number of carbonyl (C=O) groups is 1. The lowest BCUT2D eigenvalue weighted by molar-refractivity contribution is -0.119. The molecule has 6 aromatic rings. The molecule has 12 heteroatoms. The van der Waals surface area contributed by atoms with Crippen molar-refractivity contribution >= 4 is 27.5 Å². The second-order valence-corrected chi connectivity index (χ2v) is 10.3. The first-order chi connectivity index (χ1) is 20.5. The molecule has 3 aromatic carbocycles. The van der Waals surface area contributed by atoms with Gasteiger partial charge in [-0.1, -0.05) is 66.7 Å². The van der Waals surface area contributed by atoms with E-state index in [0.29, 0.717) is 5.01 Å². The Morgan fingerprint density at radius 2 is 1.76 bits per heavy atom. The van der Waals surface area contributed by atoms with E-state index in [0.717, 1.165) is 26.9 Å². The molecule has 0 aliphatic rings. The number of ether oxygens (including phenoxy) is 2. The molecule has 0 bridgehead atoms. The number of hydrogen-bond donors (Lipinski definition) is 2. The first kappa shape index (κ1) is 26.8. The number of thiazole rings is 1. The summed E-state index contributed by atoms with van der Waals surface area (Å²) in [6, 6.07) is 24.5. The Morgan fingerprint density at radius 1 is 1.00 bits per heavy atom. The number of fused-ring (bicyclic) bond motifs is 1. The molecule has 1 unspecified atom stereocenters. The molecule has 0 radical (unpaired) electrons. The van der Waals surface area contributed by atoms with Gasteiger partial charge in [0.15, 0.2) is 11.7 Å². The lowest BCUT2D eigenvalue weighted by Gasteiger charge is -2.11. The van der Waals surface area contributed by atoms with Crippen molar-refractivity contribution in [2.24, 2.45) is 0 Å². The molecule has 0 spiro atoms. The molecule has 42 heavy (non-hydrogen) atoms. The van der Waals surface area contributed by atoms with Crippen LogP contribution in [0, 0.1) is 0 Å². The quantitative estimate of drug-likeness (QED) is 0.244. The Labute approximate surface area is 243 Å². The van der Waals surface area contributed by atoms with Crippen LogP contribution in [0.4, 0.5) is 0 Å². The van der Waals surface area contributed by atoms with Crippen LogP contribution in [0.2, 0.25) is 0 Å². The monoisotopic (exact) mass is 580 g/mol. The summed E-state index contributed by atoms with van der Waals surface area (Å²) in [4.78, 5) is 36.7. The minimum atomic E-state index is -0.834. The van der Waals surface area contributed by atoms with Crippen molar-refractivity contribution in [1.82, 2.24) is 30.5 Å². The van der Waals surface area contributed by atoms with E-state index >= 15 is 0 Å². The largest absolute Gasteiger partial charge is 0.481 e. The van der Waals surface area contributed by atoms with Crippen LogP contribution in [0.15, 0.2) is 88.1 Å². The van der Waals surface area contributed by atoms with Gasteiger partial charge in [0, 0.05) is 6.92 Å². The summed E-state index contributed by atoms with van der Waals surface area (Å²) >= 11 is 1.40. The van der Waals surface area contributed by atoms with Crippen LogP contribution in [0.5, 0.6) is 11.8 Å². The summed E-state index contributed by atoms with van der Waals surface area (Å²) in [5.41, 5.74) is 3.17. The molecule has 0 aliphatic carbocycles. The van der Waals surface area contributed by atoms with Crippen molar-refractivity contribution in [3.63, 3.8) is 0 Å². The number of amides is 1. The van der Waals surface area contributed by atoms with E-state index in [-0.39, 0.29) is 41.7 Å². The highest BCUT2D eigenvalue weighted by Crippen LogP contribution is 2.34. The third-order valence-electron chi connectivity index (χ3n) is 6.27. The number of nitrogens with zero attached hydrogens (tertiary/aromatic N) is 4. The minimum Gasteiger partial charge on any atom is -0.481 e. The van der Waals surface area contributed by atoms with Crippen molar-refractivity contribution in [3.8, 4) is 34.5 Å². The van der Waals surface area contributed by atoms with Crippen LogP contribution in [-0.2, 0) is 11.4 Å². The van der Waals surface area contributed by atoms with Gasteiger partial charge in [0.05, 0.1) is 17.3 Å². The average Bonchev–Trinajstić information content (AvgIpc) is 3.67. The van der Waals surface area contributed by atoms with Gasteiger partial charge < -0.3 is 19.2 Å². The molecule has 0 fully saturated rings. The van der Waals surface area contributed by atoms with Crippen molar-refractivity contribution in [3.05, 3.63) is 106 Å². The molecule has 210 valence electrons. The number of H-pyrrole nitrogens is 1. The first-order valence-corrected chi connectivity index (χ1v) is 13.7. The predicted molar refractivity (Wildman–Crippen MR) is 156 cm³/mol. The lowest BCUT2D eigenvalue weighted by Crippen LogP contribution is -2.27. The van der Waals surface area contributed by atoms with Crippen LogP contribution in [0.3, 0.4) is 0 Å². The molecule has 3 aromatic heterocycles. The van der Waals surface area contributed by atoms with Crippen LogP contribution in [-0.4, -0.2) is 38.2 Å². The highest BCUT2D eigenvalue weighted by Gasteiger charge is 2.28. The van der Waals surface area contributed by atoms with Crippen molar-refractivity contribution in [2.45, 2.75) is 19.6 Å². The Bertz CT molecular complexity index is 1920. The van der Waals surface area contributed by atoms with Gasteiger partial charge in [-0.15, -0.1) is 21.5 Å². The maximum Gasteiger partial charge on any atom is 0.297 e. The zero-order valence-corrected chi connectivity index (χ0v) is 23.3. The summed E-state index contributed by atoms with van der Waals surface area (Å²) in [7, 11) is 1.37. The fraction of sp³-hybridized carbons (Fsp3) is 0.133. The number of hydrogen-bond acceptors (Lipinski definition) is 10. The van der Waals surface area contributed by atoms with E-state index in [9.17, 15) is 9.59 Å². The Kier molecular flexibility index (Phi) is 7.43. The Morgan fingerprint density at radius 3 is 2.50 bits per heavy atom. The molecule has 1 amide bonds. The number of rotatable bonds is 9. The summed E-state index contributed by atoms with van der Waals surface area (Å²) in [5, 5.41) is 11.7.